The van der Waals surface area contributed by atoms with Crippen LogP contribution in [0, 0.1) is 0 Å². The fraction of sp³-hybridized carbons (Fsp3) is 0.429. The Bertz CT molecular complexity index is 681. The maximum absolute atomic E-state index is 9.84. The molecule has 2 aromatic carbocycles. The first-order chi connectivity index (χ1) is 12.1. The van der Waals surface area contributed by atoms with Gasteiger partial charge >= 0.3 is 0 Å². The lowest BCUT2D eigenvalue weighted by molar-refractivity contribution is 0.0665. The third-order valence-corrected chi connectivity index (χ3v) is 5.04. The first-order valence-electron chi connectivity index (χ1n) is 9.03. The minimum Gasteiger partial charge on any atom is -0.497 e. The van der Waals surface area contributed by atoms with Gasteiger partial charge in [0.15, 0.2) is 0 Å². The van der Waals surface area contributed by atoms with Crippen LogP contribution in [0.15, 0.2) is 48.5 Å². The van der Waals surface area contributed by atoms with Crippen LogP contribution >= 0.6 is 0 Å². The van der Waals surface area contributed by atoms with Crippen molar-refractivity contribution in [2.45, 2.75) is 50.9 Å². The number of nitrogens with two attached hydrogens (primary N) is 1. The smallest absolute Gasteiger partial charge is 0.119 e. The minimum absolute atomic E-state index is 0.137. The van der Waals surface area contributed by atoms with Crippen LogP contribution < -0.4 is 10.5 Å². The van der Waals surface area contributed by atoms with E-state index in [0.29, 0.717) is 6.04 Å². The Hall–Kier alpha value is -2.04. The monoisotopic (exact) mass is 340 g/mol. The van der Waals surface area contributed by atoms with E-state index in [1.165, 1.54) is 11.1 Å². The van der Waals surface area contributed by atoms with Gasteiger partial charge in [0.2, 0.25) is 0 Å². The zero-order valence-corrected chi connectivity index (χ0v) is 14.9. The highest BCUT2D eigenvalue weighted by molar-refractivity contribution is 5.40. The van der Waals surface area contributed by atoms with Crippen molar-refractivity contribution >= 4 is 5.69 Å². The number of hydrogen-bond donors (Lipinski definition) is 2. The second-order valence-corrected chi connectivity index (χ2v) is 6.96. The van der Waals surface area contributed by atoms with Gasteiger partial charge in [-0.05, 0) is 61.1 Å². The summed E-state index contributed by atoms with van der Waals surface area (Å²) in [5.41, 5.74) is 9.23. The SMILES string of the molecule is COc1cccc(CN(Cc2cccc(N)c2)C2CCC(O)CC2)c1. The molecule has 4 nitrogen and oxygen atoms in total. The van der Waals surface area contributed by atoms with E-state index in [0.717, 1.165) is 50.2 Å². The molecule has 0 spiro atoms. The summed E-state index contributed by atoms with van der Waals surface area (Å²) in [5, 5.41) is 9.84. The molecule has 1 saturated carbocycles. The topological polar surface area (TPSA) is 58.7 Å². The fourth-order valence-corrected chi connectivity index (χ4v) is 3.67. The zero-order valence-electron chi connectivity index (χ0n) is 14.9. The van der Waals surface area contributed by atoms with Crippen molar-refractivity contribution in [3.63, 3.8) is 0 Å². The third kappa shape index (κ3) is 4.97. The molecule has 2 aromatic rings. The number of aliphatic hydroxyl groups is 1. The van der Waals surface area contributed by atoms with Crippen molar-refractivity contribution in [1.82, 2.24) is 4.90 Å². The maximum atomic E-state index is 9.84. The summed E-state index contributed by atoms with van der Waals surface area (Å²) >= 11 is 0. The number of nitrogens with zero attached hydrogens (tertiary/aromatic N) is 1. The molecule has 3 N–H and O–H groups in total. The van der Waals surface area contributed by atoms with Crippen molar-refractivity contribution in [3.05, 3.63) is 59.7 Å². The number of rotatable bonds is 6. The number of anilines is 1. The van der Waals surface area contributed by atoms with Crippen molar-refractivity contribution in [1.29, 1.82) is 0 Å². The Morgan fingerprint density at radius 2 is 1.64 bits per heavy atom. The highest BCUT2D eigenvalue weighted by Crippen LogP contribution is 2.27. The Kier molecular flexibility index (Phi) is 5.95. The number of methoxy groups -OCH3 is 1. The molecule has 134 valence electrons. The molecule has 0 bridgehead atoms. The van der Waals surface area contributed by atoms with Gasteiger partial charge in [0.25, 0.3) is 0 Å². The van der Waals surface area contributed by atoms with Crippen LogP contribution in [-0.4, -0.2) is 29.3 Å². The molecule has 0 saturated heterocycles. The first kappa shape index (κ1) is 17.8. The van der Waals surface area contributed by atoms with Gasteiger partial charge in [-0.3, -0.25) is 4.90 Å². The average Bonchev–Trinajstić information content (AvgIpc) is 2.62. The second kappa shape index (κ2) is 8.37. The molecular formula is C21H28N2O2. The van der Waals surface area contributed by atoms with E-state index in [4.69, 9.17) is 10.5 Å². The number of aliphatic hydroxyl groups excluding tert-OH is 1. The van der Waals surface area contributed by atoms with Gasteiger partial charge in [0.1, 0.15) is 5.75 Å². The van der Waals surface area contributed by atoms with Crippen LogP contribution in [0.4, 0.5) is 5.69 Å². The quantitative estimate of drug-likeness (QED) is 0.789. The normalized spacial score (nSPS) is 20.6. The van der Waals surface area contributed by atoms with Crippen LogP contribution in [0.25, 0.3) is 0 Å². The summed E-state index contributed by atoms with van der Waals surface area (Å²) < 4.78 is 5.36. The van der Waals surface area contributed by atoms with Crippen LogP contribution in [0.1, 0.15) is 36.8 Å². The maximum Gasteiger partial charge on any atom is 0.119 e. The molecule has 4 heteroatoms. The van der Waals surface area contributed by atoms with E-state index >= 15 is 0 Å². The zero-order chi connectivity index (χ0) is 17.6. The van der Waals surface area contributed by atoms with Gasteiger partial charge < -0.3 is 15.6 Å². The van der Waals surface area contributed by atoms with Gasteiger partial charge in [-0.15, -0.1) is 0 Å². The standard InChI is InChI=1S/C21H28N2O2/c1-25-21-7-3-5-17(13-21)15-23(19-8-10-20(24)11-9-19)14-16-4-2-6-18(22)12-16/h2-7,12-13,19-20,24H,8-11,14-15,22H2,1H3. The molecular weight excluding hydrogens is 312 g/mol. The minimum atomic E-state index is -0.137. The van der Waals surface area contributed by atoms with E-state index < -0.39 is 0 Å². The van der Waals surface area contributed by atoms with Crippen molar-refractivity contribution in [3.8, 4) is 5.75 Å². The Morgan fingerprint density at radius 3 is 2.28 bits per heavy atom. The molecule has 3 rings (SSSR count). The van der Waals surface area contributed by atoms with E-state index in [-0.39, 0.29) is 6.10 Å². The molecule has 0 aliphatic heterocycles. The Morgan fingerprint density at radius 1 is 1.00 bits per heavy atom. The number of nitrogen functional groups attached to an aromatic ring is 1. The molecule has 25 heavy (non-hydrogen) atoms. The Labute approximate surface area is 150 Å². The number of hydrogen-bond acceptors (Lipinski definition) is 4. The number of benzene rings is 2. The molecule has 1 fully saturated rings. The summed E-state index contributed by atoms with van der Waals surface area (Å²) in [4.78, 5) is 2.51. The van der Waals surface area contributed by atoms with Gasteiger partial charge in [0, 0.05) is 24.8 Å². The van der Waals surface area contributed by atoms with E-state index in [1.807, 2.05) is 24.3 Å². The second-order valence-electron chi connectivity index (χ2n) is 6.96. The highest BCUT2D eigenvalue weighted by Gasteiger charge is 2.25. The molecule has 0 aromatic heterocycles. The lowest BCUT2D eigenvalue weighted by atomic mass is 9.91. The van der Waals surface area contributed by atoms with Crippen LogP contribution in [0.5, 0.6) is 5.75 Å². The summed E-state index contributed by atoms with van der Waals surface area (Å²) in [6.07, 6.45) is 3.70. The highest BCUT2D eigenvalue weighted by atomic mass is 16.5. The van der Waals surface area contributed by atoms with Crippen molar-refractivity contribution in [2.75, 3.05) is 12.8 Å². The molecule has 0 unspecified atom stereocenters. The summed E-state index contributed by atoms with van der Waals surface area (Å²) in [6.45, 7) is 1.73. The van der Waals surface area contributed by atoms with Gasteiger partial charge in [-0.1, -0.05) is 24.3 Å². The van der Waals surface area contributed by atoms with Gasteiger partial charge in [0.05, 0.1) is 13.2 Å². The fourth-order valence-electron chi connectivity index (χ4n) is 3.67. The Balaban J connectivity index is 1.78. The van der Waals surface area contributed by atoms with Crippen molar-refractivity contribution in [2.24, 2.45) is 0 Å². The molecule has 1 aliphatic rings. The first-order valence-corrected chi connectivity index (χ1v) is 9.03. The van der Waals surface area contributed by atoms with E-state index in [1.54, 1.807) is 7.11 Å². The largest absolute Gasteiger partial charge is 0.497 e. The van der Waals surface area contributed by atoms with Crippen LogP contribution in [-0.2, 0) is 13.1 Å². The van der Waals surface area contributed by atoms with Crippen LogP contribution in [0.2, 0.25) is 0 Å². The lowest BCUT2D eigenvalue weighted by Gasteiger charge is -2.36. The van der Waals surface area contributed by atoms with E-state index in [9.17, 15) is 5.11 Å². The summed E-state index contributed by atoms with van der Waals surface area (Å²) in [5.74, 6) is 0.889. The molecule has 0 radical (unpaired) electrons. The molecule has 1 aliphatic carbocycles. The molecule has 0 atom stereocenters. The van der Waals surface area contributed by atoms with E-state index in [2.05, 4.69) is 29.2 Å². The molecule has 0 heterocycles. The lowest BCUT2D eigenvalue weighted by Crippen LogP contribution is -2.38. The number of ether oxygens (including phenoxy) is 1. The predicted molar refractivity (Wildman–Crippen MR) is 101 cm³/mol. The van der Waals surface area contributed by atoms with Gasteiger partial charge in [-0.2, -0.15) is 0 Å². The van der Waals surface area contributed by atoms with Gasteiger partial charge in [-0.25, -0.2) is 0 Å². The predicted octanol–water partition coefficient (Wildman–Crippen LogP) is 3.58. The third-order valence-electron chi connectivity index (χ3n) is 5.04. The average molecular weight is 340 g/mol. The summed E-state index contributed by atoms with van der Waals surface area (Å²) in [6, 6.07) is 16.9. The molecule has 0 amide bonds. The van der Waals surface area contributed by atoms with Crippen LogP contribution in [0.3, 0.4) is 0 Å². The summed E-state index contributed by atoms with van der Waals surface area (Å²) in [7, 11) is 1.70. The van der Waals surface area contributed by atoms with Crippen molar-refractivity contribution < 1.29 is 9.84 Å².